The molecule has 0 fully saturated rings. The van der Waals surface area contributed by atoms with Gasteiger partial charge in [0.15, 0.2) is 0 Å². The number of fused-ring (bicyclic) bond motifs is 1. The number of anilines is 2. The molecular formula is C27H46N2O7S. The van der Waals surface area contributed by atoms with Crippen molar-refractivity contribution in [2.45, 2.75) is 106 Å². The van der Waals surface area contributed by atoms with Crippen LogP contribution in [0.2, 0.25) is 0 Å². The molecule has 2 rings (SSSR count). The van der Waals surface area contributed by atoms with Crippen LogP contribution in [-0.2, 0) is 32.8 Å². The van der Waals surface area contributed by atoms with Crippen molar-refractivity contribution in [2.75, 3.05) is 23.3 Å². The summed E-state index contributed by atoms with van der Waals surface area (Å²) in [5, 5.41) is 12.6. The van der Waals surface area contributed by atoms with E-state index in [1.165, 1.54) is 50.5 Å². The van der Waals surface area contributed by atoms with E-state index in [2.05, 4.69) is 17.1 Å². The van der Waals surface area contributed by atoms with Crippen LogP contribution in [0.15, 0.2) is 0 Å². The van der Waals surface area contributed by atoms with Crippen LogP contribution in [-0.4, -0.2) is 47.6 Å². The number of carbonyl (C=O) groups is 2. The number of hydrogen-bond donors (Lipinski definition) is 4. The Hall–Kier alpha value is -2.17. The fourth-order valence-electron chi connectivity index (χ4n) is 4.66. The number of amides is 1. The number of aliphatic carboxylic acids is 1. The van der Waals surface area contributed by atoms with Gasteiger partial charge in [0.2, 0.25) is 5.91 Å². The summed E-state index contributed by atoms with van der Waals surface area (Å²) in [4.78, 5) is 26.8. The van der Waals surface area contributed by atoms with Gasteiger partial charge < -0.3 is 15.3 Å². The number of hydrogen-bond acceptors (Lipinski definition) is 5. The average molecular weight is 543 g/mol. The van der Waals surface area contributed by atoms with E-state index in [1.807, 2.05) is 34.6 Å². The van der Waals surface area contributed by atoms with Crippen LogP contribution in [0.25, 0.3) is 0 Å². The van der Waals surface area contributed by atoms with Crippen LogP contribution in [0, 0.1) is 19.3 Å². The maximum Gasteiger partial charge on any atom is 0.394 e. The summed E-state index contributed by atoms with van der Waals surface area (Å²) in [6.07, 6.45) is 11.2. The lowest BCUT2D eigenvalue weighted by molar-refractivity contribution is -0.136. The van der Waals surface area contributed by atoms with Crippen LogP contribution in [0.4, 0.5) is 11.4 Å². The Bertz CT molecular complexity index is 1020. The monoisotopic (exact) mass is 542 g/mol. The van der Waals surface area contributed by atoms with Gasteiger partial charge in [-0.25, -0.2) is 0 Å². The minimum atomic E-state index is -4.67. The largest absolute Gasteiger partial charge is 0.481 e. The Kier molecular flexibility index (Phi) is 13.0. The van der Waals surface area contributed by atoms with E-state index in [4.69, 9.17) is 17.5 Å². The molecule has 0 aromatic heterocycles. The van der Waals surface area contributed by atoms with Gasteiger partial charge in [-0.3, -0.25) is 18.7 Å². The molecule has 37 heavy (non-hydrogen) atoms. The second-order valence-electron chi connectivity index (χ2n) is 10.9. The SMILES string of the molecule is CCCCCCCCCCN1CCc2c(C)c(CC(=O)O)c(C)c(NC(=O)C(C)(C)C)c21.O=S(=O)(O)O. The van der Waals surface area contributed by atoms with Gasteiger partial charge in [-0.1, -0.05) is 72.6 Å². The first-order valence-corrected chi connectivity index (χ1v) is 14.6. The Balaban J connectivity index is 0.00000124. The van der Waals surface area contributed by atoms with Crippen molar-refractivity contribution in [1.29, 1.82) is 0 Å². The topological polar surface area (TPSA) is 144 Å². The van der Waals surface area contributed by atoms with E-state index in [0.717, 1.165) is 54.0 Å². The lowest BCUT2D eigenvalue weighted by Gasteiger charge is -2.28. The van der Waals surface area contributed by atoms with E-state index in [0.29, 0.717) is 0 Å². The van der Waals surface area contributed by atoms with E-state index >= 15 is 0 Å². The van der Waals surface area contributed by atoms with Crippen LogP contribution in [0.1, 0.15) is 101 Å². The van der Waals surface area contributed by atoms with Crippen molar-refractivity contribution in [2.24, 2.45) is 5.41 Å². The zero-order valence-corrected chi connectivity index (χ0v) is 24.1. The molecule has 212 valence electrons. The number of nitrogens with zero attached hydrogens (tertiary/aromatic N) is 1. The predicted octanol–water partition coefficient (Wildman–Crippen LogP) is 5.77. The number of carboxylic acids is 1. The van der Waals surface area contributed by atoms with Gasteiger partial charge in [0.25, 0.3) is 0 Å². The first-order valence-electron chi connectivity index (χ1n) is 13.2. The highest BCUT2D eigenvalue weighted by atomic mass is 32.3. The lowest BCUT2D eigenvalue weighted by Crippen LogP contribution is -2.30. The third-order valence-electron chi connectivity index (χ3n) is 6.73. The zero-order chi connectivity index (χ0) is 28.4. The van der Waals surface area contributed by atoms with Gasteiger partial charge in [0, 0.05) is 18.5 Å². The van der Waals surface area contributed by atoms with Crippen molar-refractivity contribution < 1.29 is 32.2 Å². The Labute approximate surface area is 222 Å². The first kappa shape index (κ1) is 32.9. The second kappa shape index (κ2) is 14.7. The molecule has 1 aliphatic rings. The van der Waals surface area contributed by atoms with E-state index in [-0.39, 0.29) is 12.3 Å². The zero-order valence-electron chi connectivity index (χ0n) is 23.3. The Morgan fingerprint density at radius 2 is 1.46 bits per heavy atom. The molecule has 9 nitrogen and oxygen atoms in total. The van der Waals surface area contributed by atoms with Crippen LogP contribution >= 0.6 is 0 Å². The maximum atomic E-state index is 12.9. The smallest absolute Gasteiger partial charge is 0.394 e. The number of nitrogens with one attached hydrogen (secondary N) is 1. The molecule has 1 aromatic carbocycles. The number of carboxylic acid groups (broad SMARTS) is 1. The van der Waals surface area contributed by atoms with Gasteiger partial charge in [-0.15, -0.1) is 0 Å². The molecule has 0 radical (unpaired) electrons. The first-order chi connectivity index (χ1) is 17.1. The quantitative estimate of drug-likeness (QED) is 0.193. The highest BCUT2D eigenvalue weighted by molar-refractivity contribution is 7.79. The standard InChI is InChI=1S/C27H44N2O3.H2O4S/c1-7-8-9-10-11-12-13-14-16-29-17-15-21-19(2)22(18-23(30)31)20(3)24(25(21)29)28-26(32)27(4,5)6;1-5(2,3)4/h7-18H2,1-6H3,(H,28,32)(H,30,31);(H2,1,2,3,4). The molecule has 10 heteroatoms. The van der Waals surface area contributed by atoms with E-state index in [9.17, 15) is 14.7 Å². The fourth-order valence-corrected chi connectivity index (χ4v) is 4.66. The summed E-state index contributed by atoms with van der Waals surface area (Å²) in [6, 6.07) is 0. The minimum Gasteiger partial charge on any atom is -0.481 e. The highest BCUT2D eigenvalue weighted by Crippen LogP contribution is 2.43. The number of benzene rings is 1. The summed E-state index contributed by atoms with van der Waals surface area (Å²) in [5.41, 5.74) is 5.44. The lowest BCUT2D eigenvalue weighted by atomic mass is 9.90. The number of rotatable bonds is 12. The fraction of sp³-hybridized carbons (Fsp3) is 0.704. The Morgan fingerprint density at radius 1 is 0.946 bits per heavy atom. The normalized spacial score (nSPS) is 13.1. The molecule has 0 atom stereocenters. The molecule has 0 unspecified atom stereocenters. The molecule has 0 spiro atoms. The van der Waals surface area contributed by atoms with Gasteiger partial charge in [0.1, 0.15) is 0 Å². The van der Waals surface area contributed by atoms with E-state index in [1.54, 1.807) is 0 Å². The summed E-state index contributed by atoms with van der Waals surface area (Å²) >= 11 is 0. The second-order valence-corrected chi connectivity index (χ2v) is 11.8. The summed E-state index contributed by atoms with van der Waals surface area (Å²) in [7, 11) is -4.67. The molecule has 1 aromatic rings. The average Bonchev–Trinajstić information content (AvgIpc) is 3.17. The third kappa shape index (κ3) is 11.4. The summed E-state index contributed by atoms with van der Waals surface area (Å²) in [6.45, 7) is 13.9. The van der Waals surface area contributed by atoms with Gasteiger partial charge >= 0.3 is 16.4 Å². The molecule has 4 N–H and O–H groups in total. The van der Waals surface area contributed by atoms with Crippen LogP contribution < -0.4 is 10.2 Å². The minimum absolute atomic E-state index is 0.0125. The van der Waals surface area contributed by atoms with Gasteiger partial charge in [0.05, 0.1) is 17.8 Å². The van der Waals surface area contributed by atoms with Crippen LogP contribution in [0.5, 0.6) is 0 Å². The van der Waals surface area contributed by atoms with Crippen molar-refractivity contribution in [1.82, 2.24) is 0 Å². The molecule has 1 amide bonds. The molecular weight excluding hydrogens is 496 g/mol. The van der Waals surface area contributed by atoms with Crippen molar-refractivity contribution in [3.8, 4) is 0 Å². The van der Waals surface area contributed by atoms with Crippen molar-refractivity contribution >= 4 is 33.7 Å². The molecule has 0 saturated heterocycles. The third-order valence-corrected chi connectivity index (χ3v) is 6.73. The van der Waals surface area contributed by atoms with Crippen molar-refractivity contribution in [3.63, 3.8) is 0 Å². The highest BCUT2D eigenvalue weighted by Gasteiger charge is 2.31. The molecule has 0 bridgehead atoms. The van der Waals surface area contributed by atoms with E-state index < -0.39 is 21.8 Å². The number of carbonyl (C=O) groups excluding carboxylic acids is 1. The maximum absolute atomic E-state index is 12.9. The summed E-state index contributed by atoms with van der Waals surface area (Å²) < 4.78 is 31.6. The molecule has 0 aliphatic carbocycles. The molecule has 1 aliphatic heterocycles. The molecule has 0 saturated carbocycles. The summed E-state index contributed by atoms with van der Waals surface area (Å²) in [5.74, 6) is -0.870. The molecule has 1 heterocycles. The predicted molar refractivity (Wildman–Crippen MR) is 148 cm³/mol. The number of unbranched alkanes of at least 4 members (excludes halogenated alkanes) is 7. The van der Waals surface area contributed by atoms with Crippen LogP contribution in [0.3, 0.4) is 0 Å². The van der Waals surface area contributed by atoms with Gasteiger partial charge in [-0.2, -0.15) is 8.42 Å². The van der Waals surface area contributed by atoms with Gasteiger partial charge in [-0.05, 0) is 48.9 Å². The Morgan fingerprint density at radius 3 is 1.95 bits per heavy atom. The van der Waals surface area contributed by atoms with Crippen molar-refractivity contribution in [3.05, 3.63) is 22.3 Å².